The quantitative estimate of drug-likeness (QED) is 0.883. The topological polar surface area (TPSA) is 45.5 Å². The van der Waals surface area contributed by atoms with Gasteiger partial charge in [-0.25, -0.2) is 4.79 Å². The Kier molecular flexibility index (Phi) is 3.41. The van der Waals surface area contributed by atoms with Gasteiger partial charge in [-0.15, -0.1) is 0 Å². The molecule has 1 aromatic heterocycles. The lowest BCUT2D eigenvalue weighted by atomic mass is 9.89. The summed E-state index contributed by atoms with van der Waals surface area (Å²) < 4.78 is 5.65. The molecule has 0 saturated heterocycles. The van der Waals surface area contributed by atoms with Crippen molar-refractivity contribution in [2.45, 2.75) is 32.1 Å². The average Bonchev–Trinajstić information content (AvgIpc) is 2.54. The van der Waals surface area contributed by atoms with Crippen LogP contribution >= 0.6 is 0 Å². The van der Waals surface area contributed by atoms with E-state index in [1.165, 1.54) is 23.2 Å². The van der Waals surface area contributed by atoms with E-state index >= 15 is 0 Å². The first-order valence-electron chi connectivity index (χ1n) is 8.29. The highest BCUT2D eigenvalue weighted by atomic mass is 16.4. The molecule has 0 unspecified atom stereocenters. The molecule has 2 aliphatic heterocycles. The monoisotopic (exact) mass is 298 g/mol. The number of benzene rings is 1. The van der Waals surface area contributed by atoms with Crippen molar-refractivity contribution < 1.29 is 4.42 Å². The molecule has 0 amide bonds. The maximum atomic E-state index is 12.0. The molecule has 3 heterocycles. The normalized spacial score (nSPS) is 16.9. The lowest BCUT2D eigenvalue weighted by Crippen LogP contribution is -2.34. The van der Waals surface area contributed by atoms with Gasteiger partial charge in [-0.05, 0) is 62.9 Å². The van der Waals surface area contributed by atoms with Gasteiger partial charge in [-0.1, -0.05) is 0 Å². The van der Waals surface area contributed by atoms with Crippen molar-refractivity contribution in [3.8, 4) is 0 Å². The number of hydrogen-bond donors (Lipinski definition) is 1. The van der Waals surface area contributed by atoms with Crippen LogP contribution in [-0.4, -0.2) is 26.7 Å². The smallest absolute Gasteiger partial charge is 0.336 e. The van der Waals surface area contributed by atoms with Crippen molar-refractivity contribution in [1.29, 1.82) is 0 Å². The second kappa shape index (κ2) is 5.43. The molecular formula is C18H22N2O2. The first kappa shape index (κ1) is 13.8. The summed E-state index contributed by atoms with van der Waals surface area (Å²) in [6.45, 7) is 3.14. The minimum atomic E-state index is -0.220. The van der Waals surface area contributed by atoms with Crippen molar-refractivity contribution in [3.63, 3.8) is 0 Å². The van der Waals surface area contributed by atoms with E-state index in [1.807, 2.05) is 7.05 Å². The van der Waals surface area contributed by atoms with Crippen LogP contribution in [0.3, 0.4) is 0 Å². The number of anilines is 1. The minimum absolute atomic E-state index is 0.220. The minimum Gasteiger partial charge on any atom is -0.422 e. The van der Waals surface area contributed by atoms with Gasteiger partial charge in [-0.2, -0.15) is 0 Å². The van der Waals surface area contributed by atoms with Gasteiger partial charge in [0.05, 0.1) is 0 Å². The molecule has 2 aromatic rings. The molecule has 0 saturated carbocycles. The van der Waals surface area contributed by atoms with Crippen LogP contribution in [0.4, 0.5) is 5.69 Å². The number of hydrogen-bond acceptors (Lipinski definition) is 4. The van der Waals surface area contributed by atoms with Crippen molar-refractivity contribution in [2.24, 2.45) is 0 Å². The standard InChI is InChI=1S/C18H22N2O2/c1-19-7-6-12-11-16(21)22-18-14-5-3-9-20-8-2-4-13(17(14)20)10-15(12)18/h10-11,19H,2-9H2,1H3. The molecule has 0 radical (unpaired) electrons. The van der Waals surface area contributed by atoms with Crippen molar-refractivity contribution in [2.75, 3.05) is 31.6 Å². The second-order valence-electron chi connectivity index (χ2n) is 6.38. The lowest BCUT2D eigenvalue weighted by molar-refractivity contribution is 0.547. The van der Waals surface area contributed by atoms with Crippen LogP contribution in [0.15, 0.2) is 21.3 Å². The second-order valence-corrected chi connectivity index (χ2v) is 6.38. The summed E-state index contributed by atoms with van der Waals surface area (Å²) in [7, 11) is 1.94. The molecular weight excluding hydrogens is 276 g/mol. The van der Waals surface area contributed by atoms with Crippen LogP contribution < -0.4 is 15.8 Å². The molecule has 0 aliphatic carbocycles. The highest BCUT2D eigenvalue weighted by Gasteiger charge is 2.27. The van der Waals surface area contributed by atoms with Crippen LogP contribution in [-0.2, 0) is 19.3 Å². The van der Waals surface area contributed by atoms with Crippen LogP contribution in [0.5, 0.6) is 0 Å². The zero-order chi connectivity index (χ0) is 15.1. The third-order valence-corrected chi connectivity index (χ3v) is 4.96. The molecule has 4 nitrogen and oxygen atoms in total. The molecule has 116 valence electrons. The predicted octanol–water partition coefficient (Wildman–Crippen LogP) is 2.25. The Labute approximate surface area is 130 Å². The van der Waals surface area contributed by atoms with Crippen LogP contribution in [0.1, 0.15) is 29.5 Å². The third kappa shape index (κ3) is 2.13. The first-order valence-corrected chi connectivity index (χ1v) is 8.29. The first-order chi connectivity index (χ1) is 10.8. The molecule has 0 fully saturated rings. The Bertz CT molecular complexity index is 777. The summed E-state index contributed by atoms with van der Waals surface area (Å²) in [4.78, 5) is 14.5. The van der Waals surface area contributed by atoms with E-state index in [0.29, 0.717) is 0 Å². The Hall–Kier alpha value is -1.81. The maximum absolute atomic E-state index is 12.0. The highest BCUT2D eigenvalue weighted by molar-refractivity contribution is 5.90. The molecule has 0 atom stereocenters. The summed E-state index contributed by atoms with van der Waals surface area (Å²) in [5.74, 6) is 0. The number of nitrogens with zero attached hydrogens (tertiary/aromatic N) is 1. The van der Waals surface area contributed by atoms with Crippen molar-refractivity contribution in [1.82, 2.24) is 5.32 Å². The van der Waals surface area contributed by atoms with Gasteiger partial charge in [-0.3, -0.25) is 0 Å². The van der Waals surface area contributed by atoms with E-state index in [-0.39, 0.29) is 5.63 Å². The summed E-state index contributed by atoms with van der Waals surface area (Å²) in [5.41, 5.74) is 5.79. The number of nitrogens with one attached hydrogen (secondary N) is 1. The molecule has 1 aromatic carbocycles. The van der Waals surface area contributed by atoms with Crippen LogP contribution in [0.25, 0.3) is 11.0 Å². The van der Waals surface area contributed by atoms with Crippen LogP contribution in [0.2, 0.25) is 0 Å². The molecule has 2 aliphatic rings. The van der Waals surface area contributed by atoms with Crippen LogP contribution in [0, 0.1) is 0 Å². The summed E-state index contributed by atoms with van der Waals surface area (Å²) in [6, 6.07) is 3.95. The fourth-order valence-electron chi connectivity index (χ4n) is 4.00. The fourth-order valence-corrected chi connectivity index (χ4v) is 4.00. The average molecular weight is 298 g/mol. The van der Waals surface area contributed by atoms with Gasteiger partial charge in [0.1, 0.15) is 5.58 Å². The van der Waals surface area contributed by atoms with Gasteiger partial charge in [0.25, 0.3) is 0 Å². The van der Waals surface area contributed by atoms with Gasteiger partial charge in [0.2, 0.25) is 0 Å². The van der Waals surface area contributed by atoms with Crippen molar-refractivity contribution in [3.05, 3.63) is 39.2 Å². The zero-order valence-corrected chi connectivity index (χ0v) is 13.1. The number of fused-ring (bicyclic) bond motifs is 2. The van der Waals surface area contributed by atoms with Gasteiger partial charge in [0.15, 0.2) is 0 Å². The van der Waals surface area contributed by atoms with E-state index in [2.05, 4.69) is 16.3 Å². The predicted molar refractivity (Wildman–Crippen MR) is 89.0 cm³/mol. The van der Waals surface area contributed by atoms with Gasteiger partial charge in [0, 0.05) is 35.8 Å². The largest absolute Gasteiger partial charge is 0.422 e. The fraction of sp³-hybridized carbons (Fsp3) is 0.500. The summed E-state index contributed by atoms with van der Waals surface area (Å²) in [5, 5.41) is 4.31. The Morgan fingerprint density at radius 1 is 1.23 bits per heavy atom. The molecule has 1 N–H and O–H groups in total. The highest BCUT2D eigenvalue weighted by Crippen LogP contribution is 2.40. The molecule has 4 heteroatoms. The van der Waals surface area contributed by atoms with E-state index in [0.717, 1.165) is 61.9 Å². The summed E-state index contributed by atoms with van der Waals surface area (Å²) >= 11 is 0. The van der Waals surface area contributed by atoms with E-state index in [9.17, 15) is 4.79 Å². The third-order valence-electron chi connectivity index (χ3n) is 4.96. The molecule has 4 rings (SSSR count). The molecule has 0 bridgehead atoms. The lowest BCUT2D eigenvalue weighted by Gasteiger charge is -2.37. The van der Waals surface area contributed by atoms with Gasteiger partial charge < -0.3 is 14.6 Å². The maximum Gasteiger partial charge on any atom is 0.336 e. The zero-order valence-electron chi connectivity index (χ0n) is 13.1. The summed E-state index contributed by atoms with van der Waals surface area (Å²) in [6.07, 6.45) is 5.39. The Morgan fingerprint density at radius 2 is 2.05 bits per heavy atom. The molecule has 0 spiro atoms. The number of rotatable bonds is 3. The SMILES string of the molecule is CNCCc1cc(=O)oc2c3c4c(cc12)CCCN4CCC3. The van der Waals surface area contributed by atoms with Crippen molar-refractivity contribution >= 4 is 16.7 Å². The Balaban J connectivity index is 1.99. The number of aryl methyl sites for hydroxylation is 2. The Morgan fingerprint density at radius 3 is 2.86 bits per heavy atom. The van der Waals surface area contributed by atoms with Gasteiger partial charge >= 0.3 is 5.63 Å². The number of likely N-dealkylation sites (N-methyl/N-ethyl adjacent to an activating group) is 1. The molecule has 22 heavy (non-hydrogen) atoms. The van der Waals surface area contributed by atoms with E-state index < -0.39 is 0 Å². The van der Waals surface area contributed by atoms with E-state index in [1.54, 1.807) is 6.07 Å². The van der Waals surface area contributed by atoms with E-state index in [4.69, 9.17) is 4.42 Å².